The molecule has 7 nitrogen and oxygen atoms in total. The van der Waals surface area contributed by atoms with Crippen LogP contribution in [0.1, 0.15) is 26.3 Å². The van der Waals surface area contributed by atoms with E-state index in [1.807, 2.05) is 29.2 Å². The Hall–Kier alpha value is -3.36. The van der Waals surface area contributed by atoms with Gasteiger partial charge in [0.05, 0.1) is 38.1 Å². The number of carbonyl (C=O) groups excluding carboxylic acids is 1. The molecule has 0 unspecified atom stereocenters. The maximum absolute atomic E-state index is 13.6. The van der Waals surface area contributed by atoms with E-state index in [2.05, 4.69) is 15.9 Å². The van der Waals surface area contributed by atoms with Crippen molar-refractivity contribution in [2.75, 3.05) is 43.2 Å². The van der Waals surface area contributed by atoms with Crippen LogP contribution in [0, 0.1) is 0 Å². The number of aromatic carboxylic acids is 1. The van der Waals surface area contributed by atoms with E-state index in [1.165, 1.54) is 0 Å². The molecule has 1 N–H and O–H groups in total. The van der Waals surface area contributed by atoms with Gasteiger partial charge < -0.3 is 24.4 Å². The molecule has 3 aromatic carbocycles. The Balaban J connectivity index is 1.78. The molecule has 1 aliphatic heterocycles. The van der Waals surface area contributed by atoms with E-state index in [0.717, 1.165) is 10.0 Å². The first-order valence-electron chi connectivity index (χ1n) is 10.9. The average molecular weight is 525 g/mol. The number of hydrogen-bond donors (Lipinski definition) is 1. The second-order valence-corrected chi connectivity index (χ2v) is 8.74. The van der Waals surface area contributed by atoms with Crippen LogP contribution in [-0.4, -0.2) is 50.4 Å². The second-order valence-electron chi connectivity index (χ2n) is 7.82. The van der Waals surface area contributed by atoms with E-state index in [1.54, 1.807) is 54.5 Å². The first kappa shape index (κ1) is 23.8. The third kappa shape index (κ3) is 5.24. The van der Waals surface area contributed by atoms with Gasteiger partial charge >= 0.3 is 5.97 Å². The lowest BCUT2D eigenvalue weighted by Gasteiger charge is -2.31. The maximum atomic E-state index is 13.6. The minimum Gasteiger partial charge on any atom is -0.496 e. The fourth-order valence-electron chi connectivity index (χ4n) is 4.00. The summed E-state index contributed by atoms with van der Waals surface area (Å²) in [6, 6.07) is 19.7. The first-order chi connectivity index (χ1) is 16.5. The smallest absolute Gasteiger partial charge is 0.337 e. The van der Waals surface area contributed by atoms with E-state index in [0.29, 0.717) is 49.0 Å². The Morgan fingerprint density at radius 2 is 1.79 bits per heavy atom. The van der Waals surface area contributed by atoms with Crippen LogP contribution in [0.2, 0.25) is 0 Å². The molecule has 176 valence electrons. The highest BCUT2D eigenvalue weighted by Gasteiger charge is 2.24. The lowest BCUT2D eigenvalue weighted by Crippen LogP contribution is -2.37. The standard InChI is InChI=1S/C26H25BrN2O5/c1-33-24-10-7-20(27)15-19(24)17-29(25(30)18-5-3-2-4-6-18)21-8-9-23(22(16-21)26(31)32)28-11-13-34-14-12-28/h2-10,15-16H,11-14,17H2,1H3,(H,31,32). The monoisotopic (exact) mass is 524 g/mol. The molecule has 0 atom stereocenters. The maximum Gasteiger partial charge on any atom is 0.337 e. The number of amides is 1. The summed E-state index contributed by atoms with van der Waals surface area (Å²) in [7, 11) is 1.58. The zero-order valence-corrected chi connectivity index (χ0v) is 20.3. The number of rotatable bonds is 7. The van der Waals surface area contributed by atoms with Crippen LogP contribution in [0.15, 0.2) is 71.2 Å². The average Bonchev–Trinajstić information content (AvgIpc) is 2.87. The van der Waals surface area contributed by atoms with Crippen molar-refractivity contribution in [1.29, 1.82) is 0 Å². The Morgan fingerprint density at radius 1 is 1.06 bits per heavy atom. The van der Waals surface area contributed by atoms with Gasteiger partial charge in [-0.15, -0.1) is 0 Å². The van der Waals surface area contributed by atoms with Crippen LogP contribution in [-0.2, 0) is 11.3 Å². The molecule has 1 fully saturated rings. The van der Waals surface area contributed by atoms with Crippen molar-refractivity contribution < 1.29 is 24.2 Å². The van der Waals surface area contributed by atoms with Crippen LogP contribution < -0.4 is 14.5 Å². The van der Waals surface area contributed by atoms with Gasteiger partial charge in [0.15, 0.2) is 0 Å². The minimum atomic E-state index is -1.05. The number of nitrogens with zero attached hydrogens (tertiary/aromatic N) is 2. The molecule has 4 rings (SSSR count). The Bertz CT molecular complexity index is 1180. The van der Waals surface area contributed by atoms with Gasteiger partial charge in [-0.25, -0.2) is 4.79 Å². The number of halogens is 1. The van der Waals surface area contributed by atoms with Gasteiger partial charge in [0, 0.05) is 34.4 Å². The molecule has 0 radical (unpaired) electrons. The summed E-state index contributed by atoms with van der Waals surface area (Å²) in [6.45, 7) is 2.51. The molecule has 1 amide bonds. The van der Waals surface area contributed by atoms with Crippen LogP contribution in [0.4, 0.5) is 11.4 Å². The van der Waals surface area contributed by atoms with Gasteiger partial charge in [-0.3, -0.25) is 4.79 Å². The molecule has 1 saturated heterocycles. The van der Waals surface area contributed by atoms with Crippen LogP contribution in [0.5, 0.6) is 5.75 Å². The SMILES string of the molecule is COc1ccc(Br)cc1CN(C(=O)c1ccccc1)c1ccc(N2CCOCC2)c(C(=O)O)c1. The normalized spacial score (nSPS) is 13.4. The molecular weight excluding hydrogens is 500 g/mol. The molecule has 1 aliphatic rings. The molecule has 0 aromatic heterocycles. The molecular formula is C26H25BrN2O5. The third-order valence-electron chi connectivity index (χ3n) is 5.71. The lowest BCUT2D eigenvalue weighted by molar-refractivity contribution is 0.0696. The lowest BCUT2D eigenvalue weighted by atomic mass is 10.1. The van der Waals surface area contributed by atoms with Crippen molar-refractivity contribution in [3.63, 3.8) is 0 Å². The topological polar surface area (TPSA) is 79.3 Å². The quantitative estimate of drug-likeness (QED) is 0.476. The minimum absolute atomic E-state index is 0.145. The van der Waals surface area contributed by atoms with Gasteiger partial charge in [-0.1, -0.05) is 34.1 Å². The number of anilines is 2. The summed E-state index contributed by atoms with van der Waals surface area (Å²) in [5.41, 5.74) is 2.55. The number of methoxy groups -OCH3 is 1. The number of carboxylic acid groups (broad SMARTS) is 1. The van der Waals surface area contributed by atoms with Crippen molar-refractivity contribution in [2.24, 2.45) is 0 Å². The van der Waals surface area contributed by atoms with Crippen molar-refractivity contribution in [3.8, 4) is 5.75 Å². The Morgan fingerprint density at radius 3 is 2.47 bits per heavy atom. The van der Waals surface area contributed by atoms with Crippen LogP contribution >= 0.6 is 15.9 Å². The number of carboxylic acids is 1. The number of carbonyl (C=O) groups is 2. The highest BCUT2D eigenvalue weighted by atomic mass is 79.9. The molecule has 0 saturated carbocycles. The highest BCUT2D eigenvalue weighted by Crippen LogP contribution is 2.31. The van der Waals surface area contributed by atoms with E-state index in [9.17, 15) is 14.7 Å². The second kappa shape index (κ2) is 10.7. The van der Waals surface area contributed by atoms with Gasteiger partial charge in [0.2, 0.25) is 0 Å². The van der Waals surface area contributed by atoms with Gasteiger partial charge in [-0.05, 0) is 48.5 Å². The van der Waals surface area contributed by atoms with E-state index >= 15 is 0 Å². The zero-order valence-electron chi connectivity index (χ0n) is 18.7. The van der Waals surface area contributed by atoms with Crippen LogP contribution in [0.25, 0.3) is 0 Å². The number of hydrogen-bond acceptors (Lipinski definition) is 5. The molecule has 3 aromatic rings. The highest BCUT2D eigenvalue weighted by molar-refractivity contribution is 9.10. The third-order valence-corrected chi connectivity index (χ3v) is 6.20. The molecule has 0 bridgehead atoms. The molecule has 8 heteroatoms. The Kier molecular flexibility index (Phi) is 7.49. The van der Waals surface area contributed by atoms with Gasteiger partial charge in [-0.2, -0.15) is 0 Å². The fraction of sp³-hybridized carbons (Fsp3) is 0.231. The van der Waals surface area contributed by atoms with Crippen molar-refractivity contribution in [3.05, 3.63) is 87.9 Å². The number of morpholine rings is 1. The fourth-order valence-corrected chi connectivity index (χ4v) is 4.41. The predicted octanol–water partition coefficient (Wildman–Crippen LogP) is 4.84. The first-order valence-corrected chi connectivity index (χ1v) is 11.7. The van der Waals surface area contributed by atoms with Crippen molar-refractivity contribution in [2.45, 2.75) is 6.54 Å². The summed E-state index contributed by atoms with van der Waals surface area (Å²) < 4.78 is 11.8. The van der Waals surface area contributed by atoms with E-state index < -0.39 is 5.97 Å². The summed E-state index contributed by atoms with van der Waals surface area (Å²) in [5, 5.41) is 9.98. The van der Waals surface area contributed by atoms with Crippen molar-refractivity contribution in [1.82, 2.24) is 0 Å². The van der Waals surface area contributed by atoms with Gasteiger partial charge in [0.25, 0.3) is 5.91 Å². The largest absolute Gasteiger partial charge is 0.496 e. The Labute approximate surface area is 206 Å². The van der Waals surface area contributed by atoms with Gasteiger partial charge in [0.1, 0.15) is 5.75 Å². The summed E-state index contributed by atoms with van der Waals surface area (Å²) in [6.07, 6.45) is 0. The van der Waals surface area contributed by atoms with E-state index in [4.69, 9.17) is 9.47 Å². The molecule has 0 aliphatic carbocycles. The summed E-state index contributed by atoms with van der Waals surface area (Å²) in [5.74, 6) is -0.647. The molecule has 34 heavy (non-hydrogen) atoms. The van der Waals surface area contributed by atoms with Crippen molar-refractivity contribution >= 4 is 39.2 Å². The zero-order chi connectivity index (χ0) is 24.1. The van der Waals surface area contributed by atoms with E-state index in [-0.39, 0.29) is 18.0 Å². The number of benzene rings is 3. The molecule has 0 spiro atoms. The summed E-state index contributed by atoms with van der Waals surface area (Å²) in [4.78, 5) is 29.4. The predicted molar refractivity (Wildman–Crippen MR) is 134 cm³/mol. The molecule has 1 heterocycles. The van der Waals surface area contributed by atoms with Crippen LogP contribution in [0.3, 0.4) is 0 Å². The number of ether oxygens (including phenoxy) is 2. The summed E-state index contributed by atoms with van der Waals surface area (Å²) >= 11 is 3.49.